The van der Waals surface area contributed by atoms with Gasteiger partial charge in [0.1, 0.15) is 0 Å². The molecule has 0 fully saturated rings. The van der Waals surface area contributed by atoms with E-state index in [9.17, 15) is 4.79 Å². The van der Waals surface area contributed by atoms with Crippen molar-refractivity contribution in [1.29, 1.82) is 0 Å². The molecule has 0 spiro atoms. The van der Waals surface area contributed by atoms with Gasteiger partial charge in [0, 0.05) is 5.69 Å². The van der Waals surface area contributed by atoms with Crippen molar-refractivity contribution in [3.8, 4) is 0 Å². The summed E-state index contributed by atoms with van der Waals surface area (Å²) in [6.45, 7) is 0.498. The summed E-state index contributed by atoms with van der Waals surface area (Å²) < 4.78 is 1.74. The standard InChI is InChI=1S/C12H11N5O/c13-9-4-2-1-3-8(9)5-17-7-16-11-10(17)12(18)15-6-14-11/h1-4,6-7H,5,13H2,(H,14,15,18). The molecule has 2 heterocycles. The molecule has 0 atom stereocenters. The Bertz CT molecular complexity index is 758. The fraction of sp³-hybridized carbons (Fsp3) is 0.0833. The van der Waals surface area contributed by atoms with Crippen LogP contribution in [0.5, 0.6) is 0 Å². The molecule has 18 heavy (non-hydrogen) atoms. The maximum Gasteiger partial charge on any atom is 0.276 e. The molecule has 0 bridgehead atoms. The zero-order valence-corrected chi connectivity index (χ0v) is 9.50. The van der Waals surface area contributed by atoms with Crippen LogP contribution in [0.3, 0.4) is 0 Å². The quantitative estimate of drug-likeness (QED) is 0.648. The Morgan fingerprint density at radius 2 is 2.11 bits per heavy atom. The number of nitrogens with one attached hydrogen (secondary N) is 1. The van der Waals surface area contributed by atoms with Gasteiger partial charge >= 0.3 is 0 Å². The molecule has 0 unspecified atom stereocenters. The molecule has 90 valence electrons. The molecule has 2 aromatic heterocycles. The van der Waals surface area contributed by atoms with Crippen molar-refractivity contribution >= 4 is 16.9 Å². The van der Waals surface area contributed by atoms with Crippen LogP contribution in [0.2, 0.25) is 0 Å². The molecule has 3 aromatic rings. The van der Waals surface area contributed by atoms with Crippen LogP contribution in [-0.4, -0.2) is 19.5 Å². The van der Waals surface area contributed by atoms with Gasteiger partial charge < -0.3 is 15.3 Å². The second kappa shape index (κ2) is 3.99. The molecule has 3 N–H and O–H groups in total. The number of para-hydroxylation sites is 1. The highest BCUT2D eigenvalue weighted by Gasteiger charge is 2.08. The zero-order valence-electron chi connectivity index (χ0n) is 9.50. The van der Waals surface area contributed by atoms with Crippen LogP contribution in [0, 0.1) is 0 Å². The van der Waals surface area contributed by atoms with Crippen molar-refractivity contribution in [3.05, 3.63) is 52.8 Å². The van der Waals surface area contributed by atoms with Gasteiger partial charge in [0.15, 0.2) is 11.2 Å². The number of imidazole rings is 1. The minimum Gasteiger partial charge on any atom is -0.398 e. The first kappa shape index (κ1) is 10.5. The number of nitrogens with zero attached hydrogens (tertiary/aromatic N) is 3. The van der Waals surface area contributed by atoms with Gasteiger partial charge in [0.25, 0.3) is 5.56 Å². The number of hydrogen-bond donors (Lipinski definition) is 2. The van der Waals surface area contributed by atoms with Crippen LogP contribution in [0.25, 0.3) is 11.2 Å². The molecule has 6 heteroatoms. The summed E-state index contributed by atoms with van der Waals surface area (Å²) >= 11 is 0. The van der Waals surface area contributed by atoms with Gasteiger partial charge in [-0.15, -0.1) is 0 Å². The number of hydrogen-bond acceptors (Lipinski definition) is 4. The molecule has 0 amide bonds. The van der Waals surface area contributed by atoms with Crippen LogP contribution in [0.4, 0.5) is 5.69 Å². The van der Waals surface area contributed by atoms with E-state index in [4.69, 9.17) is 5.73 Å². The average molecular weight is 241 g/mol. The molecule has 0 aliphatic rings. The number of aromatic amines is 1. The van der Waals surface area contributed by atoms with Crippen molar-refractivity contribution in [1.82, 2.24) is 19.5 Å². The summed E-state index contributed by atoms with van der Waals surface area (Å²) in [7, 11) is 0. The fourth-order valence-corrected chi connectivity index (χ4v) is 1.90. The van der Waals surface area contributed by atoms with E-state index in [1.54, 1.807) is 10.9 Å². The second-order valence-electron chi connectivity index (χ2n) is 3.98. The maximum absolute atomic E-state index is 11.7. The molecule has 0 aliphatic heterocycles. The third-order valence-corrected chi connectivity index (χ3v) is 2.81. The molecule has 3 rings (SSSR count). The van der Waals surface area contributed by atoms with Crippen LogP contribution in [0.1, 0.15) is 5.56 Å². The number of H-pyrrole nitrogens is 1. The number of fused-ring (bicyclic) bond motifs is 1. The van der Waals surface area contributed by atoms with Crippen molar-refractivity contribution in [2.24, 2.45) is 0 Å². The summed E-state index contributed by atoms with van der Waals surface area (Å²) in [5.74, 6) is 0. The predicted molar refractivity (Wildman–Crippen MR) is 68.1 cm³/mol. The van der Waals surface area contributed by atoms with Gasteiger partial charge in [-0.1, -0.05) is 18.2 Å². The highest BCUT2D eigenvalue weighted by atomic mass is 16.1. The highest BCUT2D eigenvalue weighted by molar-refractivity contribution is 5.69. The van der Waals surface area contributed by atoms with E-state index >= 15 is 0 Å². The first-order valence-corrected chi connectivity index (χ1v) is 5.47. The molecular weight excluding hydrogens is 230 g/mol. The van der Waals surface area contributed by atoms with Gasteiger partial charge in [-0.25, -0.2) is 9.97 Å². The Labute approximate surface area is 102 Å². The monoisotopic (exact) mass is 241 g/mol. The highest BCUT2D eigenvalue weighted by Crippen LogP contribution is 2.14. The van der Waals surface area contributed by atoms with Gasteiger partial charge in [0.2, 0.25) is 0 Å². The topological polar surface area (TPSA) is 89.6 Å². The number of nitrogens with two attached hydrogens (primary N) is 1. The van der Waals surface area contributed by atoms with Gasteiger partial charge in [-0.05, 0) is 11.6 Å². The largest absolute Gasteiger partial charge is 0.398 e. The Morgan fingerprint density at radius 3 is 2.94 bits per heavy atom. The third kappa shape index (κ3) is 1.64. The molecule has 6 nitrogen and oxygen atoms in total. The van der Waals surface area contributed by atoms with Gasteiger partial charge in [-0.3, -0.25) is 4.79 Å². The van der Waals surface area contributed by atoms with Crippen LogP contribution in [0.15, 0.2) is 41.7 Å². The predicted octanol–water partition coefficient (Wildman–Crippen LogP) is 0.750. The fourth-order valence-electron chi connectivity index (χ4n) is 1.90. The number of rotatable bonds is 2. The minimum atomic E-state index is -0.202. The average Bonchev–Trinajstić information content (AvgIpc) is 2.77. The molecular formula is C12H11N5O. The Hall–Kier alpha value is -2.63. The molecule has 0 saturated carbocycles. The zero-order chi connectivity index (χ0) is 12.5. The van der Waals surface area contributed by atoms with E-state index in [1.807, 2.05) is 24.3 Å². The Kier molecular flexibility index (Phi) is 2.33. The van der Waals surface area contributed by atoms with Crippen molar-refractivity contribution in [2.75, 3.05) is 5.73 Å². The molecule has 0 radical (unpaired) electrons. The number of benzene rings is 1. The van der Waals surface area contributed by atoms with Gasteiger partial charge in [-0.2, -0.15) is 0 Å². The minimum absolute atomic E-state index is 0.202. The van der Waals surface area contributed by atoms with Crippen LogP contribution in [-0.2, 0) is 6.54 Å². The number of nitrogen functional groups attached to an aromatic ring is 1. The van der Waals surface area contributed by atoms with Crippen LogP contribution < -0.4 is 11.3 Å². The first-order chi connectivity index (χ1) is 8.75. The number of anilines is 1. The van der Waals surface area contributed by atoms with Crippen molar-refractivity contribution in [2.45, 2.75) is 6.54 Å². The number of aromatic nitrogens is 4. The Morgan fingerprint density at radius 1 is 1.28 bits per heavy atom. The molecule has 0 saturated heterocycles. The SMILES string of the molecule is Nc1ccccc1Cn1cnc2nc[nH]c(=O)c21. The summed E-state index contributed by atoms with van der Waals surface area (Å²) in [6, 6.07) is 7.54. The lowest BCUT2D eigenvalue weighted by molar-refractivity contribution is 0.821. The summed E-state index contributed by atoms with van der Waals surface area (Å²) in [5, 5.41) is 0. The van der Waals surface area contributed by atoms with Crippen molar-refractivity contribution in [3.63, 3.8) is 0 Å². The van der Waals surface area contributed by atoms with E-state index in [-0.39, 0.29) is 5.56 Å². The summed E-state index contributed by atoms with van der Waals surface area (Å²) in [5.41, 5.74) is 8.22. The lowest BCUT2D eigenvalue weighted by Crippen LogP contribution is -2.12. The Balaban J connectivity index is 2.11. The van der Waals surface area contributed by atoms with E-state index in [2.05, 4.69) is 15.0 Å². The van der Waals surface area contributed by atoms with Gasteiger partial charge in [0.05, 0.1) is 19.2 Å². The molecule has 0 aliphatic carbocycles. The van der Waals surface area contributed by atoms with E-state index in [0.29, 0.717) is 23.4 Å². The molecule has 1 aromatic carbocycles. The smallest absolute Gasteiger partial charge is 0.276 e. The maximum atomic E-state index is 11.7. The van der Waals surface area contributed by atoms with Crippen molar-refractivity contribution < 1.29 is 0 Å². The van der Waals surface area contributed by atoms with E-state index in [0.717, 1.165) is 5.56 Å². The van der Waals surface area contributed by atoms with E-state index in [1.165, 1.54) is 6.33 Å². The lowest BCUT2D eigenvalue weighted by Gasteiger charge is -2.06. The second-order valence-corrected chi connectivity index (χ2v) is 3.98. The summed E-state index contributed by atoms with van der Waals surface area (Å²) in [4.78, 5) is 22.4. The van der Waals surface area contributed by atoms with E-state index < -0.39 is 0 Å². The summed E-state index contributed by atoms with van der Waals surface area (Å²) in [6.07, 6.45) is 2.94. The first-order valence-electron chi connectivity index (χ1n) is 5.47. The lowest BCUT2D eigenvalue weighted by atomic mass is 10.2. The third-order valence-electron chi connectivity index (χ3n) is 2.81. The van der Waals surface area contributed by atoms with Crippen LogP contribution >= 0.6 is 0 Å². The normalized spacial score (nSPS) is 10.9.